The maximum Gasteiger partial charge on any atom is 0.166 e. The SMILES string of the molecule is C=CC(CO)NC(=S)NC. The molecule has 10 heavy (non-hydrogen) atoms. The molecule has 0 aromatic heterocycles. The lowest BCUT2D eigenvalue weighted by Crippen LogP contribution is -2.40. The first-order chi connectivity index (χ1) is 4.74. The highest BCUT2D eigenvalue weighted by atomic mass is 32.1. The van der Waals surface area contributed by atoms with Gasteiger partial charge in [0.05, 0.1) is 12.6 Å². The zero-order valence-corrected chi connectivity index (χ0v) is 6.74. The quantitative estimate of drug-likeness (QED) is 0.389. The topological polar surface area (TPSA) is 44.3 Å². The lowest BCUT2D eigenvalue weighted by Gasteiger charge is -2.12. The van der Waals surface area contributed by atoms with Crippen LogP contribution in [0.1, 0.15) is 0 Å². The number of thiocarbonyl (C=S) groups is 1. The average Bonchev–Trinajstić information content (AvgIpc) is 1.99. The van der Waals surface area contributed by atoms with Gasteiger partial charge in [0.2, 0.25) is 0 Å². The largest absolute Gasteiger partial charge is 0.394 e. The minimum Gasteiger partial charge on any atom is -0.394 e. The van der Waals surface area contributed by atoms with E-state index in [0.29, 0.717) is 5.11 Å². The smallest absolute Gasteiger partial charge is 0.166 e. The van der Waals surface area contributed by atoms with Crippen molar-refractivity contribution < 1.29 is 5.11 Å². The molecule has 0 spiro atoms. The Morgan fingerprint density at radius 3 is 2.80 bits per heavy atom. The van der Waals surface area contributed by atoms with Gasteiger partial charge in [0, 0.05) is 7.05 Å². The first kappa shape index (κ1) is 9.39. The van der Waals surface area contributed by atoms with Crippen LogP contribution in [0.15, 0.2) is 12.7 Å². The van der Waals surface area contributed by atoms with E-state index in [9.17, 15) is 0 Å². The van der Waals surface area contributed by atoms with Crippen molar-refractivity contribution in [3.05, 3.63) is 12.7 Å². The molecule has 0 fully saturated rings. The van der Waals surface area contributed by atoms with Crippen molar-refractivity contribution in [2.24, 2.45) is 0 Å². The predicted molar refractivity (Wildman–Crippen MR) is 45.9 cm³/mol. The molecular weight excluding hydrogens is 148 g/mol. The lowest BCUT2D eigenvalue weighted by atomic mass is 10.3. The highest BCUT2D eigenvalue weighted by molar-refractivity contribution is 7.80. The van der Waals surface area contributed by atoms with E-state index in [-0.39, 0.29) is 12.6 Å². The monoisotopic (exact) mass is 160 g/mol. The van der Waals surface area contributed by atoms with Crippen molar-refractivity contribution in [3.63, 3.8) is 0 Å². The van der Waals surface area contributed by atoms with Crippen molar-refractivity contribution in [1.82, 2.24) is 10.6 Å². The molecule has 3 nitrogen and oxygen atoms in total. The van der Waals surface area contributed by atoms with E-state index in [1.165, 1.54) is 0 Å². The minimum absolute atomic E-state index is 0.00528. The lowest BCUT2D eigenvalue weighted by molar-refractivity contribution is 0.275. The van der Waals surface area contributed by atoms with Crippen molar-refractivity contribution in [2.75, 3.05) is 13.7 Å². The van der Waals surface area contributed by atoms with Crippen molar-refractivity contribution in [2.45, 2.75) is 6.04 Å². The second-order valence-corrected chi connectivity index (χ2v) is 2.16. The summed E-state index contributed by atoms with van der Waals surface area (Å²) >= 11 is 4.78. The summed E-state index contributed by atoms with van der Waals surface area (Å²) in [5.41, 5.74) is 0. The van der Waals surface area contributed by atoms with Gasteiger partial charge in [-0.1, -0.05) is 6.08 Å². The highest BCUT2D eigenvalue weighted by Gasteiger charge is 2.00. The molecule has 0 aromatic carbocycles. The summed E-state index contributed by atoms with van der Waals surface area (Å²) in [6, 6.07) is -0.153. The van der Waals surface area contributed by atoms with E-state index in [0.717, 1.165) is 0 Å². The fourth-order valence-electron chi connectivity index (χ4n) is 0.420. The van der Waals surface area contributed by atoms with Gasteiger partial charge in [-0.25, -0.2) is 0 Å². The molecule has 0 bridgehead atoms. The molecule has 0 saturated carbocycles. The standard InChI is InChI=1S/C6H12N2OS/c1-3-5(4-9)8-6(10)7-2/h3,5,9H,1,4H2,2H3,(H2,7,8,10). The summed E-state index contributed by atoms with van der Waals surface area (Å²) < 4.78 is 0. The molecule has 1 unspecified atom stereocenters. The van der Waals surface area contributed by atoms with Crippen molar-refractivity contribution in [1.29, 1.82) is 0 Å². The Morgan fingerprint density at radius 1 is 1.90 bits per heavy atom. The minimum atomic E-state index is -0.153. The molecule has 0 heterocycles. The molecule has 0 amide bonds. The molecule has 58 valence electrons. The fraction of sp³-hybridized carbons (Fsp3) is 0.500. The number of aliphatic hydroxyl groups is 1. The maximum atomic E-state index is 8.65. The van der Waals surface area contributed by atoms with Crippen molar-refractivity contribution >= 4 is 17.3 Å². The van der Waals surface area contributed by atoms with Gasteiger partial charge in [0.25, 0.3) is 0 Å². The first-order valence-corrected chi connectivity index (χ1v) is 3.37. The maximum absolute atomic E-state index is 8.65. The molecule has 0 aliphatic rings. The third kappa shape index (κ3) is 3.42. The third-order valence-electron chi connectivity index (χ3n) is 1.02. The first-order valence-electron chi connectivity index (χ1n) is 2.96. The zero-order valence-electron chi connectivity index (χ0n) is 5.92. The predicted octanol–water partition coefficient (Wildman–Crippen LogP) is -0.373. The van der Waals surface area contributed by atoms with Crippen LogP contribution in [-0.4, -0.2) is 29.9 Å². The summed E-state index contributed by atoms with van der Waals surface area (Å²) in [6.07, 6.45) is 1.60. The summed E-state index contributed by atoms with van der Waals surface area (Å²) in [5.74, 6) is 0. The Kier molecular flexibility index (Phi) is 4.88. The molecule has 0 aliphatic carbocycles. The van der Waals surface area contributed by atoms with Crippen LogP contribution < -0.4 is 10.6 Å². The van der Waals surface area contributed by atoms with E-state index in [4.69, 9.17) is 17.3 Å². The Bertz CT molecular complexity index is 127. The van der Waals surface area contributed by atoms with E-state index in [2.05, 4.69) is 17.2 Å². The van der Waals surface area contributed by atoms with Crippen LogP contribution in [0.2, 0.25) is 0 Å². The number of nitrogens with one attached hydrogen (secondary N) is 2. The van der Waals surface area contributed by atoms with Crippen LogP contribution >= 0.6 is 12.2 Å². The Labute approximate surface area is 66.1 Å². The summed E-state index contributed by atoms with van der Waals surface area (Å²) in [4.78, 5) is 0. The van der Waals surface area contributed by atoms with Gasteiger partial charge in [-0.05, 0) is 12.2 Å². The third-order valence-corrected chi connectivity index (χ3v) is 1.35. The zero-order chi connectivity index (χ0) is 7.98. The van der Waals surface area contributed by atoms with Gasteiger partial charge in [0.15, 0.2) is 5.11 Å². The molecule has 3 N–H and O–H groups in total. The summed E-state index contributed by atoms with van der Waals surface area (Å²) in [6.45, 7) is 3.51. The number of aliphatic hydroxyl groups excluding tert-OH is 1. The van der Waals surface area contributed by atoms with Gasteiger partial charge >= 0.3 is 0 Å². The molecule has 0 aliphatic heterocycles. The Morgan fingerprint density at radius 2 is 2.50 bits per heavy atom. The molecule has 0 saturated heterocycles. The van der Waals surface area contributed by atoms with E-state index in [1.54, 1.807) is 13.1 Å². The van der Waals surface area contributed by atoms with Crippen LogP contribution in [0.25, 0.3) is 0 Å². The average molecular weight is 160 g/mol. The molecule has 0 radical (unpaired) electrons. The second kappa shape index (κ2) is 5.20. The summed E-state index contributed by atoms with van der Waals surface area (Å²) in [5, 5.41) is 14.7. The molecule has 4 heteroatoms. The van der Waals surface area contributed by atoms with Crippen LogP contribution in [0, 0.1) is 0 Å². The van der Waals surface area contributed by atoms with E-state index >= 15 is 0 Å². The van der Waals surface area contributed by atoms with Crippen LogP contribution in [0.3, 0.4) is 0 Å². The van der Waals surface area contributed by atoms with Crippen LogP contribution in [0.5, 0.6) is 0 Å². The molecule has 0 aromatic rings. The van der Waals surface area contributed by atoms with Crippen LogP contribution in [0.4, 0.5) is 0 Å². The van der Waals surface area contributed by atoms with Crippen molar-refractivity contribution in [3.8, 4) is 0 Å². The molecule has 1 atom stereocenters. The highest BCUT2D eigenvalue weighted by Crippen LogP contribution is 1.81. The Hall–Kier alpha value is -0.610. The normalized spacial score (nSPS) is 11.8. The number of hydrogen-bond acceptors (Lipinski definition) is 2. The van der Waals surface area contributed by atoms with Gasteiger partial charge in [-0.3, -0.25) is 0 Å². The van der Waals surface area contributed by atoms with E-state index < -0.39 is 0 Å². The van der Waals surface area contributed by atoms with Gasteiger partial charge in [0.1, 0.15) is 0 Å². The van der Waals surface area contributed by atoms with Crippen LogP contribution in [-0.2, 0) is 0 Å². The molecular formula is C6H12N2OS. The summed E-state index contributed by atoms with van der Waals surface area (Å²) in [7, 11) is 1.72. The number of rotatable bonds is 3. The van der Waals surface area contributed by atoms with Gasteiger partial charge in [-0.15, -0.1) is 6.58 Å². The van der Waals surface area contributed by atoms with Gasteiger partial charge < -0.3 is 15.7 Å². The van der Waals surface area contributed by atoms with E-state index in [1.807, 2.05) is 0 Å². The Balaban J connectivity index is 3.62. The number of hydrogen-bond donors (Lipinski definition) is 3. The molecule has 0 rings (SSSR count). The second-order valence-electron chi connectivity index (χ2n) is 1.75. The van der Waals surface area contributed by atoms with Gasteiger partial charge in [-0.2, -0.15) is 0 Å². The fourth-order valence-corrected chi connectivity index (χ4v) is 0.571.